The zero-order chi connectivity index (χ0) is 20.5. The lowest BCUT2D eigenvalue weighted by atomic mass is 10.1. The average molecular weight is 527 g/mol. The summed E-state index contributed by atoms with van der Waals surface area (Å²) >= 11 is 0. The lowest BCUT2D eigenvalue weighted by Gasteiger charge is -2.19. The summed E-state index contributed by atoms with van der Waals surface area (Å²) in [6.45, 7) is 12.8. The number of likely N-dealkylation sites (N-methyl/N-ethyl adjacent to an activating group) is 1. The Labute approximate surface area is 198 Å². The standard InChI is InChI=1S/C23H38N6.HI/c1-4-24-23(25-10-5-13-29-14-6-12-28(3)15-16-29)26-11-9-20-18-27-22-17-19(2)7-8-21(20)22;/h7-8,17-18,27H,4-6,9-16H2,1-3H3,(H2,24,25,26);1H. The Morgan fingerprint density at radius 1 is 1.17 bits per heavy atom. The van der Waals surface area contributed by atoms with Gasteiger partial charge in [-0.1, -0.05) is 12.1 Å². The Morgan fingerprint density at radius 3 is 2.87 bits per heavy atom. The van der Waals surface area contributed by atoms with Crippen LogP contribution in [0.4, 0.5) is 0 Å². The van der Waals surface area contributed by atoms with Crippen LogP contribution in [0.3, 0.4) is 0 Å². The van der Waals surface area contributed by atoms with Gasteiger partial charge < -0.3 is 25.4 Å². The Bertz CT molecular complexity index is 787. The van der Waals surface area contributed by atoms with Crippen LogP contribution in [0.15, 0.2) is 29.4 Å². The highest BCUT2D eigenvalue weighted by Crippen LogP contribution is 2.19. The van der Waals surface area contributed by atoms with Gasteiger partial charge in [0.1, 0.15) is 0 Å². The SMILES string of the molecule is CCNC(=NCCCN1CCCN(C)CC1)NCCc1c[nH]c2cc(C)ccc12.I. The number of hydrogen-bond donors (Lipinski definition) is 3. The van der Waals surface area contributed by atoms with Crippen molar-refractivity contribution in [2.24, 2.45) is 4.99 Å². The number of benzene rings is 1. The molecule has 3 rings (SSSR count). The lowest BCUT2D eigenvalue weighted by molar-refractivity contribution is 0.275. The molecule has 0 amide bonds. The topological polar surface area (TPSA) is 58.7 Å². The van der Waals surface area contributed by atoms with Gasteiger partial charge in [0.25, 0.3) is 0 Å². The van der Waals surface area contributed by atoms with Crippen LogP contribution in [-0.2, 0) is 6.42 Å². The van der Waals surface area contributed by atoms with Crippen LogP contribution >= 0.6 is 24.0 Å². The molecule has 2 aromatic rings. The van der Waals surface area contributed by atoms with Crippen LogP contribution in [-0.4, -0.2) is 80.1 Å². The average Bonchev–Trinajstić information content (AvgIpc) is 2.98. The number of halogens is 1. The molecule has 0 aliphatic carbocycles. The van der Waals surface area contributed by atoms with Crippen LogP contribution in [0.5, 0.6) is 0 Å². The number of aliphatic imine (C=N–C) groups is 1. The van der Waals surface area contributed by atoms with Crippen molar-refractivity contribution in [3.63, 3.8) is 0 Å². The molecule has 1 aliphatic rings. The first-order chi connectivity index (χ1) is 14.2. The highest BCUT2D eigenvalue weighted by Gasteiger charge is 2.11. The second-order valence-corrected chi connectivity index (χ2v) is 8.15. The Balaban J connectivity index is 0.00000320. The fraction of sp³-hybridized carbons (Fsp3) is 0.609. The smallest absolute Gasteiger partial charge is 0.191 e. The molecule has 0 spiro atoms. The van der Waals surface area contributed by atoms with Gasteiger partial charge in [0, 0.05) is 49.8 Å². The van der Waals surface area contributed by atoms with Gasteiger partial charge in [-0.05, 0) is 77.0 Å². The molecule has 0 bridgehead atoms. The van der Waals surface area contributed by atoms with E-state index in [1.165, 1.54) is 54.6 Å². The number of aromatic amines is 1. The number of nitrogens with zero attached hydrogens (tertiary/aromatic N) is 3. The first-order valence-corrected chi connectivity index (χ1v) is 11.2. The second-order valence-electron chi connectivity index (χ2n) is 8.15. The number of hydrogen-bond acceptors (Lipinski definition) is 3. The number of aryl methyl sites for hydroxylation is 1. The normalized spacial score (nSPS) is 16.3. The zero-order valence-electron chi connectivity index (χ0n) is 18.8. The number of rotatable bonds is 8. The van der Waals surface area contributed by atoms with E-state index in [9.17, 15) is 0 Å². The molecule has 3 N–H and O–H groups in total. The summed E-state index contributed by atoms with van der Waals surface area (Å²) in [5.41, 5.74) is 3.87. The van der Waals surface area contributed by atoms with E-state index >= 15 is 0 Å². The van der Waals surface area contributed by atoms with Gasteiger partial charge in [-0.25, -0.2) is 0 Å². The summed E-state index contributed by atoms with van der Waals surface area (Å²) in [5, 5.41) is 8.19. The van der Waals surface area contributed by atoms with E-state index in [0.717, 1.165) is 45.0 Å². The van der Waals surface area contributed by atoms with Crippen molar-refractivity contribution >= 4 is 40.8 Å². The number of guanidine groups is 1. The van der Waals surface area contributed by atoms with Crippen molar-refractivity contribution < 1.29 is 0 Å². The molecule has 6 nitrogen and oxygen atoms in total. The molecule has 0 atom stereocenters. The van der Waals surface area contributed by atoms with Crippen molar-refractivity contribution in [3.8, 4) is 0 Å². The molecular weight excluding hydrogens is 487 g/mol. The molecular formula is C23H39IN6. The lowest BCUT2D eigenvalue weighted by Crippen LogP contribution is -2.38. The highest BCUT2D eigenvalue weighted by molar-refractivity contribution is 14.0. The third-order valence-corrected chi connectivity index (χ3v) is 5.67. The van der Waals surface area contributed by atoms with Crippen LogP contribution in [0, 0.1) is 6.92 Å². The summed E-state index contributed by atoms with van der Waals surface area (Å²) in [4.78, 5) is 13.2. The minimum atomic E-state index is 0. The first-order valence-electron chi connectivity index (χ1n) is 11.2. The van der Waals surface area contributed by atoms with Crippen molar-refractivity contribution in [3.05, 3.63) is 35.5 Å². The Hall–Kier alpha value is -1.32. The highest BCUT2D eigenvalue weighted by atomic mass is 127. The van der Waals surface area contributed by atoms with Gasteiger partial charge in [0.05, 0.1) is 0 Å². The molecule has 7 heteroatoms. The van der Waals surface area contributed by atoms with Crippen LogP contribution in [0.25, 0.3) is 10.9 Å². The van der Waals surface area contributed by atoms with Gasteiger partial charge >= 0.3 is 0 Å². The number of fused-ring (bicyclic) bond motifs is 1. The molecule has 1 saturated heterocycles. The third kappa shape index (κ3) is 7.74. The van der Waals surface area contributed by atoms with Gasteiger partial charge in [-0.2, -0.15) is 0 Å². The van der Waals surface area contributed by atoms with E-state index in [2.05, 4.69) is 70.7 Å². The summed E-state index contributed by atoms with van der Waals surface area (Å²) in [7, 11) is 2.22. The van der Waals surface area contributed by atoms with E-state index in [1.807, 2.05) is 0 Å². The van der Waals surface area contributed by atoms with Gasteiger partial charge in [0.2, 0.25) is 0 Å². The fourth-order valence-electron chi connectivity index (χ4n) is 3.97. The molecule has 0 unspecified atom stereocenters. The maximum atomic E-state index is 4.78. The molecule has 30 heavy (non-hydrogen) atoms. The summed E-state index contributed by atoms with van der Waals surface area (Å²) in [6.07, 6.45) is 5.50. The van der Waals surface area contributed by atoms with Crippen LogP contribution < -0.4 is 10.6 Å². The van der Waals surface area contributed by atoms with Gasteiger partial charge in [-0.15, -0.1) is 24.0 Å². The Kier molecular flexibility index (Phi) is 11.0. The number of aromatic nitrogens is 1. The largest absolute Gasteiger partial charge is 0.361 e. The predicted molar refractivity (Wildman–Crippen MR) is 139 cm³/mol. The van der Waals surface area contributed by atoms with Crippen LogP contribution in [0.2, 0.25) is 0 Å². The number of H-pyrrole nitrogens is 1. The number of nitrogens with one attached hydrogen (secondary N) is 3. The molecule has 168 valence electrons. The van der Waals surface area contributed by atoms with Crippen molar-refractivity contribution in [1.82, 2.24) is 25.4 Å². The van der Waals surface area contributed by atoms with Crippen molar-refractivity contribution in [2.45, 2.75) is 33.1 Å². The minimum absolute atomic E-state index is 0. The first kappa shape index (κ1) is 24.9. The predicted octanol–water partition coefficient (Wildman–Crippen LogP) is 3.22. The maximum Gasteiger partial charge on any atom is 0.191 e. The van der Waals surface area contributed by atoms with E-state index in [4.69, 9.17) is 4.99 Å². The van der Waals surface area contributed by atoms with Crippen molar-refractivity contribution in [2.75, 3.05) is 59.4 Å². The van der Waals surface area contributed by atoms with Crippen LogP contribution in [0.1, 0.15) is 30.9 Å². The molecule has 0 saturated carbocycles. The zero-order valence-corrected chi connectivity index (χ0v) is 21.2. The monoisotopic (exact) mass is 526 g/mol. The summed E-state index contributed by atoms with van der Waals surface area (Å²) in [5.74, 6) is 0.929. The van der Waals surface area contributed by atoms with Crippen molar-refractivity contribution in [1.29, 1.82) is 0 Å². The molecule has 1 fully saturated rings. The maximum absolute atomic E-state index is 4.78. The third-order valence-electron chi connectivity index (χ3n) is 5.67. The molecule has 1 aliphatic heterocycles. The molecule has 2 heterocycles. The van der Waals surface area contributed by atoms with E-state index < -0.39 is 0 Å². The van der Waals surface area contributed by atoms with Gasteiger partial charge in [-0.3, -0.25) is 4.99 Å². The second kappa shape index (κ2) is 13.2. The van der Waals surface area contributed by atoms with E-state index in [0.29, 0.717) is 0 Å². The molecule has 1 aromatic heterocycles. The molecule has 0 radical (unpaired) electrons. The summed E-state index contributed by atoms with van der Waals surface area (Å²) in [6, 6.07) is 6.61. The van der Waals surface area contributed by atoms with Gasteiger partial charge in [0.15, 0.2) is 5.96 Å². The minimum Gasteiger partial charge on any atom is -0.361 e. The van der Waals surface area contributed by atoms with E-state index in [-0.39, 0.29) is 24.0 Å². The Morgan fingerprint density at radius 2 is 2.03 bits per heavy atom. The van der Waals surface area contributed by atoms with E-state index in [1.54, 1.807) is 0 Å². The fourth-order valence-corrected chi connectivity index (χ4v) is 3.97. The molecule has 1 aromatic carbocycles. The quantitative estimate of drug-likeness (QED) is 0.214. The summed E-state index contributed by atoms with van der Waals surface area (Å²) < 4.78 is 0.